The van der Waals surface area contributed by atoms with Crippen molar-refractivity contribution in [2.45, 2.75) is 5.67 Å². The summed E-state index contributed by atoms with van der Waals surface area (Å²) in [6.45, 7) is 5.25. The fourth-order valence-electron chi connectivity index (χ4n) is 3.97. The predicted octanol–water partition coefficient (Wildman–Crippen LogP) is 3.09. The van der Waals surface area contributed by atoms with Crippen LogP contribution in [0.1, 0.15) is 5.56 Å². The molecule has 1 aliphatic heterocycles. The second-order valence-electron chi connectivity index (χ2n) is 7.56. The number of nitrogens with zero attached hydrogens (tertiary/aromatic N) is 4. The number of alkyl halides is 1. The minimum atomic E-state index is -1.19. The molecule has 0 radical (unpaired) electrons. The molecular formula is C21H21FN6. The molecule has 6 nitrogen and oxygen atoms in total. The Bertz CT molecular complexity index is 1180. The van der Waals surface area contributed by atoms with E-state index >= 15 is 0 Å². The minimum absolute atomic E-state index is 0.251. The van der Waals surface area contributed by atoms with Gasteiger partial charge in [0.05, 0.1) is 18.3 Å². The Hall–Kier alpha value is -3.19. The molecule has 1 fully saturated rings. The number of rotatable bonds is 5. The second-order valence-corrected chi connectivity index (χ2v) is 7.56. The number of halogens is 1. The summed E-state index contributed by atoms with van der Waals surface area (Å²) in [5, 5.41) is 8.64. The lowest BCUT2D eigenvalue weighted by molar-refractivity contribution is -0.0109. The number of nitrogens with one attached hydrogen (secondary N) is 2. The topological polar surface area (TPSA) is 61.2 Å². The molecule has 5 heterocycles. The summed E-state index contributed by atoms with van der Waals surface area (Å²) in [7, 11) is 1.92. The maximum Gasteiger partial charge on any atom is 0.153 e. The summed E-state index contributed by atoms with van der Waals surface area (Å²) < 4.78 is 16.3. The van der Waals surface area contributed by atoms with Crippen molar-refractivity contribution in [2.24, 2.45) is 0 Å². The molecule has 4 aromatic rings. The van der Waals surface area contributed by atoms with Crippen LogP contribution in [0.15, 0.2) is 55.6 Å². The van der Waals surface area contributed by atoms with E-state index in [9.17, 15) is 4.39 Å². The summed E-state index contributed by atoms with van der Waals surface area (Å²) in [5.74, 6) is 0. The molecule has 7 heteroatoms. The van der Waals surface area contributed by atoms with Gasteiger partial charge in [0.2, 0.25) is 0 Å². The first-order valence-electron chi connectivity index (χ1n) is 9.23. The number of hydrogen-bond acceptors (Lipinski definition) is 4. The third-order valence-corrected chi connectivity index (χ3v) is 5.33. The number of aromatic nitrogens is 4. The van der Waals surface area contributed by atoms with Crippen molar-refractivity contribution in [3.8, 4) is 11.1 Å². The maximum absolute atomic E-state index is 14.5. The molecule has 0 spiro atoms. The van der Waals surface area contributed by atoms with Crippen LogP contribution in [-0.2, 0) is 0 Å². The van der Waals surface area contributed by atoms with Gasteiger partial charge in [-0.25, -0.2) is 13.9 Å². The number of fused-ring (bicyclic) bond motifs is 2. The minimum Gasteiger partial charge on any atom is -0.382 e. The van der Waals surface area contributed by atoms with Gasteiger partial charge in [-0.2, -0.15) is 5.10 Å². The highest BCUT2D eigenvalue weighted by Gasteiger charge is 2.41. The molecule has 0 atom stereocenters. The van der Waals surface area contributed by atoms with Gasteiger partial charge in [0.1, 0.15) is 5.65 Å². The van der Waals surface area contributed by atoms with Gasteiger partial charge in [-0.15, -0.1) is 0 Å². The molecule has 0 unspecified atom stereocenters. The van der Waals surface area contributed by atoms with Gasteiger partial charge >= 0.3 is 0 Å². The first kappa shape index (κ1) is 16.9. The van der Waals surface area contributed by atoms with Crippen LogP contribution < -0.4 is 5.32 Å². The fraction of sp³-hybridized carbons (Fsp3) is 0.238. The van der Waals surface area contributed by atoms with E-state index in [1.165, 1.54) is 0 Å². The average molecular weight is 376 g/mol. The Morgan fingerprint density at radius 2 is 2.25 bits per heavy atom. The average Bonchev–Trinajstić information content (AvgIpc) is 3.28. The van der Waals surface area contributed by atoms with Crippen molar-refractivity contribution in [3.05, 3.63) is 61.2 Å². The molecule has 5 rings (SSSR count). The third kappa shape index (κ3) is 2.75. The predicted molar refractivity (Wildman–Crippen MR) is 109 cm³/mol. The first-order chi connectivity index (χ1) is 13.5. The van der Waals surface area contributed by atoms with Crippen LogP contribution in [0.25, 0.3) is 33.4 Å². The standard InChI is InChI=1S/C21H21FN6/c1-14(25-11-21(22)12-27(2)13-21)17-10-26-28-7-5-15(8-19(17)28)18-9-24-20-16(18)4-3-6-23-20/h3-10,25H,1,11-13H2,2H3,(H,23,24). The fourth-order valence-corrected chi connectivity index (χ4v) is 3.97. The molecule has 28 heavy (non-hydrogen) atoms. The molecule has 0 aromatic carbocycles. The van der Waals surface area contributed by atoms with Crippen molar-refractivity contribution >= 4 is 22.2 Å². The van der Waals surface area contributed by atoms with Gasteiger partial charge in [-0.1, -0.05) is 6.58 Å². The van der Waals surface area contributed by atoms with Crippen LogP contribution in [0.5, 0.6) is 0 Å². The Kier molecular flexibility index (Phi) is 3.73. The maximum atomic E-state index is 14.5. The summed E-state index contributed by atoms with van der Waals surface area (Å²) in [5.41, 5.74) is 4.28. The zero-order chi connectivity index (χ0) is 19.3. The summed E-state index contributed by atoms with van der Waals surface area (Å²) in [4.78, 5) is 9.53. The lowest BCUT2D eigenvalue weighted by Crippen LogP contribution is -2.61. The molecule has 0 amide bonds. The number of H-pyrrole nitrogens is 1. The second kappa shape index (κ2) is 6.17. The van der Waals surface area contributed by atoms with Gasteiger partial charge in [0, 0.05) is 53.9 Å². The molecule has 142 valence electrons. The van der Waals surface area contributed by atoms with Crippen LogP contribution in [0, 0.1) is 0 Å². The van der Waals surface area contributed by atoms with Gasteiger partial charge < -0.3 is 10.3 Å². The Morgan fingerprint density at radius 1 is 1.39 bits per heavy atom. The molecule has 4 aromatic heterocycles. The highest BCUT2D eigenvalue weighted by Crippen LogP contribution is 2.30. The van der Waals surface area contributed by atoms with E-state index in [1.807, 2.05) is 42.5 Å². The van der Waals surface area contributed by atoms with E-state index in [-0.39, 0.29) is 6.54 Å². The first-order valence-corrected chi connectivity index (χ1v) is 9.23. The highest BCUT2D eigenvalue weighted by molar-refractivity contribution is 5.94. The van der Waals surface area contributed by atoms with Crippen LogP contribution >= 0.6 is 0 Å². The molecule has 0 bridgehead atoms. The Labute approximate surface area is 161 Å². The quantitative estimate of drug-likeness (QED) is 0.562. The van der Waals surface area contributed by atoms with E-state index in [0.29, 0.717) is 18.8 Å². The van der Waals surface area contributed by atoms with Crippen molar-refractivity contribution in [1.82, 2.24) is 29.8 Å². The smallest absolute Gasteiger partial charge is 0.153 e. The number of likely N-dealkylation sites (tertiary alicyclic amines) is 1. The van der Waals surface area contributed by atoms with Crippen LogP contribution in [0.3, 0.4) is 0 Å². The van der Waals surface area contributed by atoms with Crippen molar-refractivity contribution in [1.29, 1.82) is 0 Å². The summed E-state index contributed by atoms with van der Waals surface area (Å²) >= 11 is 0. The monoisotopic (exact) mass is 376 g/mol. The van der Waals surface area contributed by atoms with Gasteiger partial charge in [0.15, 0.2) is 5.67 Å². The van der Waals surface area contributed by atoms with E-state index in [2.05, 4.69) is 33.0 Å². The van der Waals surface area contributed by atoms with Crippen LogP contribution in [-0.4, -0.2) is 56.8 Å². The molecule has 2 N–H and O–H groups in total. The van der Waals surface area contributed by atoms with Crippen molar-refractivity contribution in [2.75, 3.05) is 26.7 Å². The lowest BCUT2D eigenvalue weighted by atomic mass is 9.97. The number of hydrogen-bond donors (Lipinski definition) is 2. The van der Waals surface area contributed by atoms with Gasteiger partial charge in [-0.05, 0) is 36.9 Å². The Balaban J connectivity index is 1.46. The van der Waals surface area contributed by atoms with Gasteiger partial charge in [0.25, 0.3) is 0 Å². The summed E-state index contributed by atoms with van der Waals surface area (Å²) in [6, 6.07) is 8.08. The molecular weight excluding hydrogens is 355 g/mol. The molecule has 0 aliphatic carbocycles. The molecule has 1 aliphatic rings. The summed E-state index contributed by atoms with van der Waals surface area (Å²) in [6.07, 6.45) is 7.43. The normalized spacial score (nSPS) is 16.4. The van der Waals surface area contributed by atoms with E-state index in [4.69, 9.17) is 0 Å². The van der Waals surface area contributed by atoms with Crippen molar-refractivity contribution in [3.63, 3.8) is 0 Å². The number of aromatic amines is 1. The van der Waals surface area contributed by atoms with E-state index in [0.717, 1.165) is 33.2 Å². The zero-order valence-corrected chi connectivity index (χ0v) is 15.6. The number of pyridine rings is 2. The van der Waals surface area contributed by atoms with E-state index < -0.39 is 5.67 Å². The zero-order valence-electron chi connectivity index (χ0n) is 15.6. The molecule has 1 saturated heterocycles. The highest BCUT2D eigenvalue weighted by atomic mass is 19.1. The largest absolute Gasteiger partial charge is 0.382 e. The van der Waals surface area contributed by atoms with E-state index in [1.54, 1.807) is 16.9 Å². The van der Waals surface area contributed by atoms with Crippen LogP contribution in [0.4, 0.5) is 4.39 Å². The molecule has 0 saturated carbocycles. The third-order valence-electron chi connectivity index (χ3n) is 5.33. The van der Waals surface area contributed by atoms with Gasteiger partial charge in [-0.3, -0.25) is 4.90 Å². The SMILES string of the molecule is C=C(NCC1(F)CN(C)C1)c1cnn2ccc(-c3c[nH]c4ncccc34)cc12. The van der Waals surface area contributed by atoms with Crippen LogP contribution in [0.2, 0.25) is 0 Å². The Morgan fingerprint density at radius 3 is 3.07 bits per heavy atom. The lowest BCUT2D eigenvalue weighted by Gasteiger charge is -2.42. The van der Waals surface area contributed by atoms with Crippen molar-refractivity contribution < 1.29 is 4.39 Å².